The fraction of sp³-hybridized carbons (Fsp3) is 0.517. The van der Waals surface area contributed by atoms with Gasteiger partial charge in [-0.25, -0.2) is 0 Å². The van der Waals surface area contributed by atoms with Crippen LogP contribution >= 0.6 is 0 Å². The minimum atomic E-state index is -0.360. The Morgan fingerprint density at radius 3 is 2.00 bits per heavy atom. The van der Waals surface area contributed by atoms with Crippen molar-refractivity contribution in [2.24, 2.45) is 0 Å². The highest BCUT2D eigenvalue weighted by Crippen LogP contribution is 2.13. The van der Waals surface area contributed by atoms with E-state index in [1.165, 1.54) is 58.3 Å². The van der Waals surface area contributed by atoms with Gasteiger partial charge in [-0.3, -0.25) is 9.59 Å². The molecular weight excluding hydrogens is 424 g/mol. The largest absolute Gasteiger partial charge is 0.368 e. The zero-order valence-electron chi connectivity index (χ0n) is 21.1. The first-order valence-corrected chi connectivity index (χ1v) is 12.9. The summed E-state index contributed by atoms with van der Waals surface area (Å²) in [6, 6.07) is 17.4. The first kappa shape index (κ1) is 27.6. The van der Waals surface area contributed by atoms with Gasteiger partial charge in [0, 0.05) is 19.0 Å². The molecule has 1 N–H and O–H groups in total. The van der Waals surface area contributed by atoms with E-state index < -0.39 is 0 Å². The van der Waals surface area contributed by atoms with Crippen LogP contribution in [0.5, 0.6) is 0 Å². The van der Waals surface area contributed by atoms with E-state index in [4.69, 9.17) is 4.84 Å². The van der Waals surface area contributed by atoms with Gasteiger partial charge in [-0.15, -0.1) is 5.06 Å². The van der Waals surface area contributed by atoms with Gasteiger partial charge in [-0.05, 0) is 29.7 Å². The van der Waals surface area contributed by atoms with E-state index in [-0.39, 0.29) is 11.9 Å². The summed E-state index contributed by atoms with van der Waals surface area (Å²) in [6.07, 6.45) is 12.8. The second kappa shape index (κ2) is 16.9. The van der Waals surface area contributed by atoms with E-state index in [1.54, 1.807) is 5.06 Å². The van der Waals surface area contributed by atoms with Gasteiger partial charge in [0.15, 0.2) is 0 Å². The topological polar surface area (TPSA) is 58.6 Å². The van der Waals surface area contributed by atoms with Gasteiger partial charge in [0.25, 0.3) is 5.91 Å². The maximum atomic E-state index is 12.6. The van der Waals surface area contributed by atoms with E-state index in [2.05, 4.69) is 12.2 Å². The normalized spacial score (nSPS) is 10.9. The average Bonchev–Trinajstić information content (AvgIpc) is 2.83. The number of hydrogen-bond donors (Lipinski definition) is 1. The van der Waals surface area contributed by atoms with E-state index in [0.717, 1.165) is 24.0 Å². The van der Waals surface area contributed by atoms with E-state index in [0.29, 0.717) is 25.2 Å². The molecule has 0 aliphatic heterocycles. The van der Waals surface area contributed by atoms with E-state index >= 15 is 0 Å². The number of hydroxylamine groups is 2. The minimum Gasteiger partial charge on any atom is -0.368 e. The third-order valence-corrected chi connectivity index (χ3v) is 5.82. The predicted octanol–water partition coefficient (Wildman–Crippen LogP) is 6.82. The van der Waals surface area contributed by atoms with Crippen LogP contribution in [0.3, 0.4) is 0 Å². The van der Waals surface area contributed by atoms with Crippen LogP contribution in [0.2, 0.25) is 0 Å². The molecule has 34 heavy (non-hydrogen) atoms. The van der Waals surface area contributed by atoms with Crippen molar-refractivity contribution in [2.75, 3.05) is 6.54 Å². The number of benzene rings is 2. The Hall–Kier alpha value is -2.66. The molecule has 0 aromatic heterocycles. The Morgan fingerprint density at radius 2 is 1.35 bits per heavy atom. The molecule has 0 aliphatic rings. The molecule has 2 aromatic rings. The number of hydrogen-bond acceptors (Lipinski definition) is 4. The summed E-state index contributed by atoms with van der Waals surface area (Å²) in [5.41, 5.74) is 2.60. The Labute approximate surface area is 205 Å². The molecule has 0 bridgehead atoms. The van der Waals surface area contributed by atoms with Crippen LogP contribution in [0.25, 0.3) is 0 Å². The van der Waals surface area contributed by atoms with Crippen molar-refractivity contribution in [3.63, 3.8) is 0 Å². The average molecular weight is 467 g/mol. The first-order chi connectivity index (χ1) is 16.6. The lowest BCUT2D eigenvalue weighted by Crippen LogP contribution is -2.26. The van der Waals surface area contributed by atoms with Gasteiger partial charge in [0.05, 0.1) is 13.1 Å². The van der Waals surface area contributed by atoms with Crippen molar-refractivity contribution in [3.05, 3.63) is 71.3 Å². The molecule has 0 saturated heterocycles. The summed E-state index contributed by atoms with van der Waals surface area (Å²) in [5, 5.41) is 4.66. The highest BCUT2D eigenvalue weighted by Gasteiger charge is 2.13. The summed E-state index contributed by atoms with van der Waals surface area (Å²) < 4.78 is 0. The molecule has 0 saturated carbocycles. The monoisotopic (exact) mass is 466 g/mol. The van der Waals surface area contributed by atoms with Crippen LogP contribution in [0.1, 0.15) is 99.5 Å². The van der Waals surface area contributed by atoms with E-state index in [9.17, 15) is 9.59 Å². The molecule has 0 heterocycles. The molecule has 1 amide bonds. The van der Waals surface area contributed by atoms with Crippen LogP contribution < -0.4 is 5.32 Å². The van der Waals surface area contributed by atoms with Crippen LogP contribution in [0, 0.1) is 0 Å². The maximum Gasteiger partial charge on any atom is 0.322 e. The number of rotatable bonds is 17. The van der Waals surface area contributed by atoms with Crippen molar-refractivity contribution in [1.82, 2.24) is 10.4 Å². The van der Waals surface area contributed by atoms with Crippen molar-refractivity contribution in [2.45, 2.75) is 91.1 Å². The Bertz CT molecular complexity index is 838. The third-order valence-electron chi connectivity index (χ3n) is 5.82. The second-order valence-electron chi connectivity index (χ2n) is 9.00. The molecule has 0 aliphatic carbocycles. The molecule has 2 aromatic carbocycles. The number of nitrogens with one attached hydrogen (secondary N) is 1. The molecule has 0 atom stereocenters. The Morgan fingerprint density at radius 1 is 0.765 bits per heavy atom. The fourth-order valence-corrected chi connectivity index (χ4v) is 4.02. The zero-order valence-corrected chi connectivity index (χ0v) is 21.1. The van der Waals surface area contributed by atoms with Gasteiger partial charge in [-0.1, -0.05) is 107 Å². The standard InChI is InChI=1S/C29H42N2O3/c1-3-4-5-6-7-8-9-10-11-15-21-30-29(33)28-20-16-19-27(22-28)24-31(34-25(2)32)23-26-17-13-12-14-18-26/h12-14,16-20,22H,3-11,15,21,23-24H2,1-2H3,(H,30,33). The van der Waals surface area contributed by atoms with Crippen molar-refractivity contribution < 1.29 is 14.4 Å². The molecule has 5 nitrogen and oxygen atoms in total. The van der Waals surface area contributed by atoms with Gasteiger partial charge < -0.3 is 10.2 Å². The molecule has 0 radical (unpaired) electrons. The Kier molecular flexibility index (Phi) is 13.7. The van der Waals surface area contributed by atoms with Crippen LogP contribution in [-0.4, -0.2) is 23.5 Å². The summed E-state index contributed by atoms with van der Waals surface area (Å²) in [4.78, 5) is 29.6. The number of nitrogens with zero attached hydrogens (tertiary/aromatic N) is 1. The van der Waals surface area contributed by atoms with Crippen molar-refractivity contribution in [1.29, 1.82) is 0 Å². The minimum absolute atomic E-state index is 0.0557. The second-order valence-corrected chi connectivity index (χ2v) is 9.00. The molecule has 0 fully saturated rings. The predicted molar refractivity (Wildman–Crippen MR) is 138 cm³/mol. The van der Waals surface area contributed by atoms with Gasteiger partial charge in [0.1, 0.15) is 0 Å². The quantitative estimate of drug-likeness (QED) is 0.205. The molecule has 5 heteroatoms. The third kappa shape index (κ3) is 12.0. The van der Waals surface area contributed by atoms with Gasteiger partial charge in [0.2, 0.25) is 0 Å². The summed E-state index contributed by atoms with van der Waals surface area (Å²) in [5.74, 6) is -0.416. The number of amides is 1. The van der Waals surface area contributed by atoms with Gasteiger partial charge in [-0.2, -0.15) is 0 Å². The fourth-order valence-electron chi connectivity index (χ4n) is 4.02. The molecular formula is C29H42N2O3. The van der Waals surface area contributed by atoms with Crippen molar-refractivity contribution >= 4 is 11.9 Å². The lowest BCUT2D eigenvalue weighted by Gasteiger charge is -2.21. The zero-order chi connectivity index (χ0) is 24.4. The summed E-state index contributed by atoms with van der Waals surface area (Å²) >= 11 is 0. The SMILES string of the molecule is CCCCCCCCCCCCNC(=O)c1cccc(CN(Cc2ccccc2)OC(C)=O)c1. The summed E-state index contributed by atoms with van der Waals surface area (Å²) in [6.45, 7) is 5.24. The molecule has 0 spiro atoms. The number of carbonyl (C=O) groups excluding carboxylic acids is 2. The summed E-state index contributed by atoms with van der Waals surface area (Å²) in [7, 11) is 0. The van der Waals surface area contributed by atoms with Gasteiger partial charge >= 0.3 is 5.97 Å². The molecule has 0 unspecified atom stereocenters. The molecule has 2 rings (SSSR count). The lowest BCUT2D eigenvalue weighted by atomic mass is 10.1. The highest BCUT2D eigenvalue weighted by atomic mass is 16.7. The van der Waals surface area contributed by atoms with Crippen LogP contribution in [0.15, 0.2) is 54.6 Å². The number of unbranched alkanes of at least 4 members (excludes halogenated alkanes) is 9. The van der Waals surface area contributed by atoms with Crippen LogP contribution in [-0.2, 0) is 22.7 Å². The van der Waals surface area contributed by atoms with Crippen molar-refractivity contribution in [3.8, 4) is 0 Å². The molecule has 186 valence electrons. The van der Waals surface area contributed by atoms with E-state index in [1.807, 2.05) is 54.6 Å². The number of carbonyl (C=O) groups is 2. The maximum absolute atomic E-state index is 12.6. The first-order valence-electron chi connectivity index (χ1n) is 12.9. The highest BCUT2D eigenvalue weighted by molar-refractivity contribution is 5.94. The Balaban J connectivity index is 1.72. The lowest BCUT2D eigenvalue weighted by molar-refractivity contribution is -0.194. The smallest absolute Gasteiger partial charge is 0.322 e. The van der Waals surface area contributed by atoms with Crippen LogP contribution in [0.4, 0.5) is 0 Å².